The molecule has 3 rings (SSSR count). The van der Waals surface area contributed by atoms with Crippen molar-refractivity contribution in [2.24, 2.45) is 0 Å². The molecule has 0 aromatic carbocycles. The predicted octanol–water partition coefficient (Wildman–Crippen LogP) is 2.18. The number of nitrogens with one attached hydrogen (secondary N) is 1. The minimum atomic E-state index is 0.379. The molecule has 0 saturated carbocycles. The lowest BCUT2D eigenvalue weighted by molar-refractivity contribution is -0.0659. The summed E-state index contributed by atoms with van der Waals surface area (Å²) in [5.41, 5.74) is 0. The third-order valence-electron chi connectivity index (χ3n) is 5.40. The van der Waals surface area contributed by atoms with Crippen LogP contribution in [0.1, 0.15) is 51.9 Å². The fraction of sp³-hybridized carbons (Fsp3) is 1.00. The van der Waals surface area contributed by atoms with Gasteiger partial charge in [0.15, 0.2) is 0 Å². The van der Waals surface area contributed by atoms with Gasteiger partial charge in [-0.15, -0.1) is 0 Å². The SMILES string of the molecule is CCNC(CCCC1CCCO1)C1CN2CCCC2CO1. The summed E-state index contributed by atoms with van der Waals surface area (Å²) in [6, 6.07) is 1.22. The fourth-order valence-electron chi connectivity index (χ4n) is 4.21. The molecule has 0 aromatic rings. The van der Waals surface area contributed by atoms with Crippen LogP contribution in [0.3, 0.4) is 0 Å². The monoisotopic (exact) mass is 296 g/mol. The first-order valence-electron chi connectivity index (χ1n) is 9.07. The molecule has 4 nitrogen and oxygen atoms in total. The van der Waals surface area contributed by atoms with E-state index in [-0.39, 0.29) is 0 Å². The van der Waals surface area contributed by atoms with Gasteiger partial charge in [0, 0.05) is 25.2 Å². The molecule has 4 heteroatoms. The van der Waals surface area contributed by atoms with Gasteiger partial charge < -0.3 is 14.8 Å². The molecule has 3 aliphatic heterocycles. The predicted molar refractivity (Wildman–Crippen MR) is 84.6 cm³/mol. The molecule has 4 unspecified atom stereocenters. The summed E-state index contributed by atoms with van der Waals surface area (Å²) < 4.78 is 11.9. The van der Waals surface area contributed by atoms with E-state index in [1.165, 1.54) is 51.5 Å². The van der Waals surface area contributed by atoms with Crippen LogP contribution in [0.25, 0.3) is 0 Å². The number of hydrogen-bond acceptors (Lipinski definition) is 4. The highest BCUT2D eigenvalue weighted by molar-refractivity contribution is 4.90. The molecule has 3 saturated heterocycles. The van der Waals surface area contributed by atoms with Crippen molar-refractivity contribution < 1.29 is 9.47 Å². The molecule has 3 aliphatic rings. The van der Waals surface area contributed by atoms with Crippen molar-refractivity contribution in [3.8, 4) is 0 Å². The zero-order valence-electron chi connectivity index (χ0n) is 13.6. The molecule has 0 radical (unpaired) electrons. The quantitative estimate of drug-likeness (QED) is 0.781. The Bertz CT molecular complexity index is 307. The maximum absolute atomic E-state index is 6.19. The van der Waals surface area contributed by atoms with Gasteiger partial charge in [0.05, 0.1) is 18.8 Å². The third kappa shape index (κ3) is 4.19. The standard InChI is InChI=1S/C17H32N2O2/c1-2-18-16(9-3-7-15-8-5-11-20-15)17-12-19-10-4-6-14(19)13-21-17/h14-18H,2-13H2,1H3. The van der Waals surface area contributed by atoms with Crippen molar-refractivity contribution in [1.29, 1.82) is 0 Å². The van der Waals surface area contributed by atoms with Crippen LogP contribution in [-0.4, -0.2) is 62.0 Å². The van der Waals surface area contributed by atoms with E-state index >= 15 is 0 Å². The lowest BCUT2D eigenvalue weighted by atomic mass is 9.99. The largest absolute Gasteiger partial charge is 0.378 e. The molecule has 0 aliphatic carbocycles. The summed E-state index contributed by atoms with van der Waals surface area (Å²) in [7, 11) is 0. The minimum Gasteiger partial charge on any atom is -0.378 e. The van der Waals surface area contributed by atoms with Crippen LogP contribution < -0.4 is 5.32 Å². The molecule has 1 N–H and O–H groups in total. The first-order chi connectivity index (χ1) is 10.4. The van der Waals surface area contributed by atoms with Crippen LogP contribution in [0, 0.1) is 0 Å². The van der Waals surface area contributed by atoms with Crippen LogP contribution >= 0.6 is 0 Å². The van der Waals surface area contributed by atoms with E-state index in [2.05, 4.69) is 17.1 Å². The van der Waals surface area contributed by atoms with Crippen molar-refractivity contribution in [1.82, 2.24) is 10.2 Å². The van der Waals surface area contributed by atoms with E-state index in [9.17, 15) is 0 Å². The molecule has 0 amide bonds. The number of fused-ring (bicyclic) bond motifs is 1. The summed E-state index contributed by atoms with van der Waals surface area (Å²) in [6.07, 6.45) is 9.81. The first-order valence-corrected chi connectivity index (χ1v) is 9.07. The van der Waals surface area contributed by atoms with Crippen LogP contribution in [0.4, 0.5) is 0 Å². The van der Waals surface area contributed by atoms with Gasteiger partial charge in [-0.2, -0.15) is 0 Å². The van der Waals surface area contributed by atoms with E-state index in [1.54, 1.807) is 0 Å². The smallest absolute Gasteiger partial charge is 0.0855 e. The second kappa shape index (κ2) is 7.91. The number of hydrogen-bond donors (Lipinski definition) is 1. The second-order valence-electron chi connectivity index (χ2n) is 6.89. The van der Waals surface area contributed by atoms with Gasteiger partial charge in [0.25, 0.3) is 0 Å². The zero-order valence-corrected chi connectivity index (χ0v) is 13.6. The molecule has 0 aromatic heterocycles. The Morgan fingerprint density at radius 3 is 3.00 bits per heavy atom. The summed E-state index contributed by atoms with van der Waals surface area (Å²) in [5.74, 6) is 0. The van der Waals surface area contributed by atoms with E-state index < -0.39 is 0 Å². The van der Waals surface area contributed by atoms with Gasteiger partial charge in [0.1, 0.15) is 0 Å². The third-order valence-corrected chi connectivity index (χ3v) is 5.40. The highest BCUT2D eigenvalue weighted by atomic mass is 16.5. The molecule has 3 fully saturated rings. The first kappa shape index (κ1) is 15.7. The van der Waals surface area contributed by atoms with Gasteiger partial charge in [-0.05, 0) is 58.0 Å². The molecule has 3 heterocycles. The summed E-state index contributed by atoms with van der Waals surface area (Å²) in [5, 5.41) is 3.67. The van der Waals surface area contributed by atoms with E-state index in [0.29, 0.717) is 24.3 Å². The van der Waals surface area contributed by atoms with Gasteiger partial charge in [-0.3, -0.25) is 4.90 Å². The maximum Gasteiger partial charge on any atom is 0.0855 e. The van der Waals surface area contributed by atoms with Gasteiger partial charge >= 0.3 is 0 Å². The fourth-order valence-corrected chi connectivity index (χ4v) is 4.21. The molecule has 122 valence electrons. The van der Waals surface area contributed by atoms with Crippen molar-refractivity contribution in [3.05, 3.63) is 0 Å². The average Bonchev–Trinajstić information content (AvgIpc) is 3.16. The molecular formula is C17H32N2O2. The molecule has 0 bridgehead atoms. The van der Waals surface area contributed by atoms with Crippen molar-refractivity contribution in [3.63, 3.8) is 0 Å². The number of morpholine rings is 1. The lowest BCUT2D eigenvalue weighted by Gasteiger charge is -2.39. The Labute approximate surface area is 129 Å². The van der Waals surface area contributed by atoms with Crippen LogP contribution in [0.2, 0.25) is 0 Å². The Morgan fingerprint density at radius 2 is 2.19 bits per heavy atom. The summed E-state index contributed by atoms with van der Waals surface area (Å²) >= 11 is 0. The lowest BCUT2D eigenvalue weighted by Crippen LogP contribution is -2.54. The molecular weight excluding hydrogens is 264 g/mol. The van der Waals surface area contributed by atoms with Crippen molar-refractivity contribution in [2.75, 3.05) is 32.8 Å². The summed E-state index contributed by atoms with van der Waals surface area (Å²) in [4.78, 5) is 2.65. The minimum absolute atomic E-state index is 0.379. The van der Waals surface area contributed by atoms with E-state index in [1.807, 2.05) is 0 Å². The van der Waals surface area contributed by atoms with Crippen LogP contribution in [-0.2, 0) is 9.47 Å². The number of rotatable bonds is 7. The number of likely N-dealkylation sites (N-methyl/N-ethyl adjacent to an activating group) is 1. The van der Waals surface area contributed by atoms with Crippen molar-refractivity contribution in [2.45, 2.75) is 76.2 Å². The van der Waals surface area contributed by atoms with E-state index in [4.69, 9.17) is 9.47 Å². The Kier molecular flexibility index (Phi) is 5.92. The average molecular weight is 296 g/mol. The van der Waals surface area contributed by atoms with E-state index in [0.717, 1.165) is 26.3 Å². The highest BCUT2D eigenvalue weighted by Gasteiger charge is 2.35. The van der Waals surface area contributed by atoms with Gasteiger partial charge in [-0.25, -0.2) is 0 Å². The van der Waals surface area contributed by atoms with Gasteiger partial charge in [-0.1, -0.05) is 6.92 Å². The Hall–Kier alpha value is -0.160. The summed E-state index contributed by atoms with van der Waals surface area (Å²) in [6.45, 7) is 7.56. The number of ether oxygens (including phenoxy) is 2. The van der Waals surface area contributed by atoms with Crippen LogP contribution in [0.15, 0.2) is 0 Å². The number of nitrogens with zero attached hydrogens (tertiary/aromatic N) is 1. The molecule has 0 spiro atoms. The van der Waals surface area contributed by atoms with Crippen molar-refractivity contribution >= 4 is 0 Å². The Balaban J connectivity index is 1.44. The molecule has 21 heavy (non-hydrogen) atoms. The highest BCUT2D eigenvalue weighted by Crippen LogP contribution is 2.25. The Morgan fingerprint density at radius 1 is 1.24 bits per heavy atom. The topological polar surface area (TPSA) is 33.7 Å². The van der Waals surface area contributed by atoms with Crippen LogP contribution in [0.5, 0.6) is 0 Å². The molecule has 4 atom stereocenters. The van der Waals surface area contributed by atoms with Gasteiger partial charge in [0.2, 0.25) is 0 Å². The second-order valence-corrected chi connectivity index (χ2v) is 6.89. The maximum atomic E-state index is 6.19. The zero-order chi connectivity index (χ0) is 14.5. The normalized spacial score (nSPS) is 35.0.